The average molecular weight is 366 g/mol. The Balaban J connectivity index is 1.80. The molecule has 1 fully saturated rings. The summed E-state index contributed by atoms with van der Waals surface area (Å²) in [5.74, 6) is -1.27. The van der Waals surface area contributed by atoms with Crippen LogP contribution in [-0.2, 0) is 10.0 Å². The van der Waals surface area contributed by atoms with Crippen LogP contribution in [0.5, 0.6) is 0 Å². The Bertz CT molecular complexity index is 872. The molecule has 134 valence electrons. The van der Waals surface area contributed by atoms with E-state index in [2.05, 4.69) is 0 Å². The summed E-state index contributed by atoms with van der Waals surface area (Å²) in [7, 11) is -3.62. The fourth-order valence-electron chi connectivity index (χ4n) is 3.17. The zero-order valence-electron chi connectivity index (χ0n) is 14.2. The summed E-state index contributed by atoms with van der Waals surface area (Å²) in [5, 5.41) is 0. The van der Waals surface area contributed by atoms with E-state index < -0.39 is 21.7 Å². The van der Waals surface area contributed by atoms with Crippen LogP contribution in [0.15, 0.2) is 41.3 Å². The molecule has 1 aliphatic heterocycles. The summed E-state index contributed by atoms with van der Waals surface area (Å²) in [6.45, 7) is 4.52. The van der Waals surface area contributed by atoms with Crippen LogP contribution in [0.2, 0.25) is 0 Å². The molecule has 4 nitrogen and oxygen atoms in total. The second kappa shape index (κ2) is 6.72. The second-order valence-electron chi connectivity index (χ2n) is 6.23. The molecular formula is C18H20F2N2O2S. The molecule has 0 spiro atoms. The van der Waals surface area contributed by atoms with E-state index in [9.17, 15) is 17.2 Å². The van der Waals surface area contributed by atoms with Gasteiger partial charge in [-0.05, 0) is 37.6 Å². The topological polar surface area (TPSA) is 40.6 Å². The van der Waals surface area contributed by atoms with E-state index in [1.165, 1.54) is 22.5 Å². The molecule has 0 atom stereocenters. The van der Waals surface area contributed by atoms with E-state index in [-0.39, 0.29) is 36.8 Å². The third-order valence-electron chi connectivity index (χ3n) is 4.44. The lowest BCUT2D eigenvalue weighted by molar-refractivity contribution is 0.380. The van der Waals surface area contributed by atoms with Crippen LogP contribution in [-0.4, -0.2) is 38.9 Å². The van der Waals surface area contributed by atoms with E-state index in [0.29, 0.717) is 5.56 Å². The highest BCUT2D eigenvalue weighted by Crippen LogP contribution is 2.27. The third kappa shape index (κ3) is 3.39. The number of hydrogen-bond donors (Lipinski definition) is 0. The number of halogens is 2. The smallest absolute Gasteiger partial charge is 0.243 e. The maximum absolute atomic E-state index is 13.9. The first-order valence-electron chi connectivity index (χ1n) is 8.07. The Hall–Kier alpha value is -1.99. The van der Waals surface area contributed by atoms with Gasteiger partial charge in [-0.15, -0.1) is 0 Å². The molecule has 1 aliphatic rings. The normalized spacial score (nSPS) is 16.2. The van der Waals surface area contributed by atoms with Gasteiger partial charge in [0.2, 0.25) is 10.0 Å². The van der Waals surface area contributed by atoms with Crippen molar-refractivity contribution >= 4 is 15.7 Å². The molecule has 1 saturated heterocycles. The maximum atomic E-state index is 13.9. The van der Waals surface area contributed by atoms with Gasteiger partial charge in [0, 0.05) is 26.2 Å². The number of para-hydroxylation sites is 1. The Morgan fingerprint density at radius 2 is 1.52 bits per heavy atom. The quantitative estimate of drug-likeness (QED) is 0.838. The Kier molecular flexibility index (Phi) is 4.79. The van der Waals surface area contributed by atoms with Crippen LogP contribution < -0.4 is 4.90 Å². The minimum absolute atomic E-state index is 0.0916. The molecule has 25 heavy (non-hydrogen) atoms. The number of anilines is 1. The molecule has 0 aliphatic carbocycles. The molecule has 0 saturated carbocycles. The number of benzene rings is 2. The highest BCUT2D eigenvalue weighted by molar-refractivity contribution is 7.89. The predicted molar refractivity (Wildman–Crippen MR) is 93.2 cm³/mol. The molecular weight excluding hydrogens is 346 g/mol. The van der Waals surface area contributed by atoms with Crippen LogP contribution in [0.25, 0.3) is 0 Å². The number of hydrogen-bond acceptors (Lipinski definition) is 3. The molecule has 0 radical (unpaired) electrons. The predicted octanol–water partition coefficient (Wildman–Crippen LogP) is 3.09. The fraction of sp³-hybridized carbons (Fsp3) is 0.333. The van der Waals surface area contributed by atoms with Gasteiger partial charge in [0.1, 0.15) is 17.3 Å². The van der Waals surface area contributed by atoms with Crippen LogP contribution in [0.3, 0.4) is 0 Å². The number of nitrogens with zero attached hydrogens (tertiary/aromatic N) is 2. The van der Waals surface area contributed by atoms with Crippen molar-refractivity contribution in [3.63, 3.8) is 0 Å². The first kappa shape index (κ1) is 17.8. The fourth-order valence-corrected chi connectivity index (χ4v) is 4.80. The van der Waals surface area contributed by atoms with Gasteiger partial charge in [0.25, 0.3) is 0 Å². The van der Waals surface area contributed by atoms with Gasteiger partial charge < -0.3 is 4.90 Å². The summed E-state index contributed by atoms with van der Waals surface area (Å²) in [5.41, 5.74) is 1.60. The first-order chi connectivity index (χ1) is 11.8. The van der Waals surface area contributed by atoms with Gasteiger partial charge in [0.05, 0.1) is 4.90 Å². The molecule has 2 aromatic rings. The zero-order valence-corrected chi connectivity index (χ0v) is 15.0. The van der Waals surface area contributed by atoms with Crippen molar-refractivity contribution in [2.45, 2.75) is 18.7 Å². The monoisotopic (exact) mass is 366 g/mol. The maximum Gasteiger partial charge on any atom is 0.243 e. The standard InChI is InChI=1S/C18H20F2N2O2S/c1-13-6-7-17(14(2)12-13)25(23,24)22-10-8-21(9-11-22)18-15(19)4-3-5-16(18)20/h3-7,12H,8-11H2,1-2H3. The van der Waals surface area contributed by atoms with E-state index in [0.717, 1.165) is 5.56 Å². The molecule has 0 bridgehead atoms. The SMILES string of the molecule is Cc1ccc(S(=O)(=O)N2CCN(c3c(F)cccc3F)CC2)c(C)c1. The highest BCUT2D eigenvalue weighted by atomic mass is 32.2. The molecule has 7 heteroatoms. The second-order valence-corrected chi connectivity index (χ2v) is 8.14. The van der Waals surface area contributed by atoms with Crippen molar-refractivity contribution in [2.75, 3.05) is 31.1 Å². The molecule has 0 unspecified atom stereocenters. The molecule has 0 amide bonds. The lowest BCUT2D eigenvalue weighted by Crippen LogP contribution is -2.49. The van der Waals surface area contributed by atoms with Gasteiger partial charge in [0.15, 0.2) is 0 Å². The first-order valence-corrected chi connectivity index (χ1v) is 9.51. The minimum atomic E-state index is -3.62. The van der Waals surface area contributed by atoms with E-state index >= 15 is 0 Å². The van der Waals surface area contributed by atoms with Crippen molar-refractivity contribution in [1.29, 1.82) is 0 Å². The Morgan fingerprint density at radius 1 is 0.920 bits per heavy atom. The molecule has 3 rings (SSSR count). The zero-order chi connectivity index (χ0) is 18.2. The largest absolute Gasteiger partial charge is 0.364 e. The van der Waals surface area contributed by atoms with Gasteiger partial charge in [-0.2, -0.15) is 4.31 Å². The molecule has 0 N–H and O–H groups in total. The summed E-state index contributed by atoms with van der Waals surface area (Å²) in [6, 6.07) is 8.94. The Labute approximate surface area is 146 Å². The summed E-state index contributed by atoms with van der Waals surface area (Å²) in [6.07, 6.45) is 0. The number of aryl methyl sites for hydroxylation is 2. The van der Waals surface area contributed by atoms with Crippen molar-refractivity contribution in [3.8, 4) is 0 Å². The molecule has 0 aromatic heterocycles. The lowest BCUT2D eigenvalue weighted by atomic mass is 10.2. The average Bonchev–Trinajstić information content (AvgIpc) is 2.55. The van der Waals surface area contributed by atoms with Crippen molar-refractivity contribution in [1.82, 2.24) is 4.31 Å². The van der Waals surface area contributed by atoms with Crippen molar-refractivity contribution in [3.05, 3.63) is 59.2 Å². The van der Waals surface area contributed by atoms with E-state index in [1.54, 1.807) is 24.0 Å². The van der Waals surface area contributed by atoms with E-state index in [1.807, 2.05) is 13.0 Å². The van der Waals surface area contributed by atoms with E-state index in [4.69, 9.17) is 0 Å². The summed E-state index contributed by atoms with van der Waals surface area (Å²) < 4.78 is 54.9. The Morgan fingerprint density at radius 3 is 2.08 bits per heavy atom. The summed E-state index contributed by atoms with van der Waals surface area (Å²) in [4.78, 5) is 1.84. The van der Waals surface area contributed by atoms with Crippen LogP contribution in [0.4, 0.5) is 14.5 Å². The van der Waals surface area contributed by atoms with Gasteiger partial charge in [-0.25, -0.2) is 17.2 Å². The van der Waals surface area contributed by atoms with Crippen LogP contribution >= 0.6 is 0 Å². The highest BCUT2D eigenvalue weighted by Gasteiger charge is 2.31. The van der Waals surface area contributed by atoms with Crippen molar-refractivity contribution < 1.29 is 17.2 Å². The third-order valence-corrected chi connectivity index (χ3v) is 6.50. The molecule has 2 aromatic carbocycles. The minimum Gasteiger partial charge on any atom is -0.364 e. The van der Waals surface area contributed by atoms with Gasteiger partial charge in [-0.3, -0.25) is 0 Å². The van der Waals surface area contributed by atoms with Crippen molar-refractivity contribution in [2.24, 2.45) is 0 Å². The summed E-state index contributed by atoms with van der Waals surface area (Å²) >= 11 is 0. The molecule has 1 heterocycles. The van der Waals surface area contributed by atoms with Crippen LogP contribution in [0.1, 0.15) is 11.1 Å². The van der Waals surface area contributed by atoms with Gasteiger partial charge in [-0.1, -0.05) is 23.8 Å². The number of rotatable bonds is 3. The number of piperazine rings is 1. The van der Waals surface area contributed by atoms with Gasteiger partial charge >= 0.3 is 0 Å². The lowest BCUT2D eigenvalue weighted by Gasteiger charge is -2.35. The van der Waals surface area contributed by atoms with Crippen LogP contribution in [0, 0.1) is 25.5 Å². The number of sulfonamides is 1.